The van der Waals surface area contributed by atoms with Crippen LogP contribution >= 0.6 is 0 Å². The Bertz CT molecular complexity index is 577. The van der Waals surface area contributed by atoms with Crippen molar-refractivity contribution < 1.29 is 9.59 Å². The van der Waals surface area contributed by atoms with Crippen molar-refractivity contribution in [2.75, 3.05) is 0 Å². The van der Waals surface area contributed by atoms with E-state index in [-0.39, 0.29) is 11.6 Å². The normalized spacial score (nSPS) is 14.7. The van der Waals surface area contributed by atoms with E-state index in [0.29, 0.717) is 5.57 Å². The molecule has 0 spiro atoms. The lowest BCUT2D eigenvalue weighted by Gasteiger charge is -2.15. The molecule has 0 saturated carbocycles. The molecule has 0 aliphatic heterocycles. The summed E-state index contributed by atoms with van der Waals surface area (Å²) in [5.41, 5.74) is 3.81. The van der Waals surface area contributed by atoms with E-state index in [4.69, 9.17) is 0 Å². The number of allylic oxidation sites excluding steroid dienone is 4. The number of ketones is 2. The molecule has 0 heterocycles. The Kier molecular flexibility index (Phi) is 4.10. The van der Waals surface area contributed by atoms with Crippen molar-refractivity contribution >= 4 is 17.1 Å². The first kappa shape index (κ1) is 13.5. The van der Waals surface area contributed by atoms with Crippen molar-refractivity contribution in [3.8, 4) is 0 Å². The van der Waals surface area contributed by atoms with Gasteiger partial charge in [-0.3, -0.25) is 9.59 Å². The highest BCUT2D eigenvalue weighted by atomic mass is 16.1. The van der Waals surface area contributed by atoms with Crippen molar-refractivity contribution in [3.05, 3.63) is 53.1 Å². The molecule has 2 heteroatoms. The van der Waals surface area contributed by atoms with E-state index in [1.165, 1.54) is 29.4 Å². The van der Waals surface area contributed by atoms with Crippen LogP contribution in [0.4, 0.5) is 0 Å². The summed E-state index contributed by atoms with van der Waals surface area (Å²) in [6.07, 6.45) is 7.28. The zero-order valence-electron chi connectivity index (χ0n) is 11.4. The summed E-state index contributed by atoms with van der Waals surface area (Å²) in [5, 5.41) is 0. The lowest BCUT2D eigenvalue weighted by Crippen LogP contribution is -2.09. The summed E-state index contributed by atoms with van der Waals surface area (Å²) in [5.74, 6) is -0.194. The van der Waals surface area contributed by atoms with E-state index in [9.17, 15) is 9.59 Å². The lowest BCUT2D eigenvalue weighted by atomic mass is 9.88. The zero-order valence-corrected chi connectivity index (χ0v) is 11.4. The average molecular weight is 254 g/mol. The van der Waals surface area contributed by atoms with Gasteiger partial charge in [0.1, 0.15) is 0 Å². The standard InChI is InChI=1S/C17H18O2/c1-3-4-7-14-12(2)6-5-8-15(14)16-11-13(18)9-10-17(16)19/h5-6,8-11H,3-4,7H2,1-2H3. The Hall–Kier alpha value is -1.96. The van der Waals surface area contributed by atoms with Gasteiger partial charge in [-0.25, -0.2) is 0 Å². The highest BCUT2D eigenvalue weighted by molar-refractivity contribution is 6.34. The molecule has 98 valence electrons. The van der Waals surface area contributed by atoms with E-state index < -0.39 is 0 Å². The molecule has 0 atom stereocenters. The monoisotopic (exact) mass is 254 g/mol. The Morgan fingerprint density at radius 1 is 1.11 bits per heavy atom. The van der Waals surface area contributed by atoms with Gasteiger partial charge in [0.25, 0.3) is 0 Å². The first-order chi connectivity index (χ1) is 9.13. The smallest absolute Gasteiger partial charge is 0.186 e. The molecule has 1 aromatic carbocycles. The van der Waals surface area contributed by atoms with Crippen LogP contribution in [0.1, 0.15) is 36.5 Å². The number of hydrogen-bond donors (Lipinski definition) is 0. The van der Waals surface area contributed by atoms with Crippen LogP contribution in [0.25, 0.3) is 5.57 Å². The molecule has 1 aliphatic carbocycles. The van der Waals surface area contributed by atoms with E-state index in [2.05, 4.69) is 19.9 Å². The maximum atomic E-state index is 12.0. The van der Waals surface area contributed by atoms with Crippen LogP contribution in [0.2, 0.25) is 0 Å². The molecule has 0 N–H and O–H groups in total. The molecular weight excluding hydrogens is 236 g/mol. The van der Waals surface area contributed by atoms with Gasteiger partial charge in [0.2, 0.25) is 0 Å². The minimum atomic E-state index is -0.113. The van der Waals surface area contributed by atoms with E-state index in [0.717, 1.165) is 24.8 Å². The maximum Gasteiger partial charge on any atom is 0.186 e. The Morgan fingerprint density at radius 3 is 2.63 bits per heavy atom. The topological polar surface area (TPSA) is 34.1 Å². The third-order valence-corrected chi connectivity index (χ3v) is 3.43. The van der Waals surface area contributed by atoms with Crippen LogP contribution in [-0.4, -0.2) is 11.6 Å². The first-order valence-corrected chi connectivity index (χ1v) is 6.70. The molecular formula is C17H18O2. The fourth-order valence-corrected chi connectivity index (χ4v) is 2.36. The molecule has 0 radical (unpaired) electrons. The molecule has 0 unspecified atom stereocenters. The lowest BCUT2D eigenvalue weighted by molar-refractivity contribution is -0.113. The minimum Gasteiger partial charge on any atom is -0.290 e. The number of hydrogen-bond acceptors (Lipinski definition) is 2. The summed E-state index contributed by atoms with van der Waals surface area (Å²) in [4.78, 5) is 23.5. The molecule has 0 bridgehead atoms. The van der Waals surface area contributed by atoms with Crippen LogP contribution in [0.15, 0.2) is 36.4 Å². The molecule has 2 rings (SSSR count). The zero-order chi connectivity index (χ0) is 13.8. The number of unbranched alkanes of at least 4 members (excludes halogenated alkanes) is 1. The predicted molar refractivity (Wildman–Crippen MR) is 76.9 cm³/mol. The molecule has 0 aromatic heterocycles. The molecule has 1 aromatic rings. The summed E-state index contributed by atoms with van der Waals surface area (Å²) < 4.78 is 0. The van der Waals surface area contributed by atoms with Crippen molar-refractivity contribution in [3.63, 3.8) is 0 Å². The quantitative estimate of drug-likeness (QED) is 0.771. The third kappa shape index (κ3) is 2.90. The van der Waals surface area contributed by atoms with Crippen LogP contribution in [-0.2, 0) is 16.0 Å². The second kappa shape index (κ2) is 5.79. The number of carbonyl (C=O) groups is 2. The molecule has 1 aliphatic rings. The van der Waals surface area contributed by atoms with Crippen LogP contribution < -0.4 is 0 Å². The van der Waals surface area contributed by atoms with Gasteiger partial charge >= 0.3 is 0 Å². The molecule has 0 fully saturated rings. The van der Waals surface area contributed by atoms with Crippen molar-refractivity contribution in [1.29, 1.82) is 0 Å². The Labute approximate surface area is 113 Å². The van der Waals surface area contributed by atoms with E-state index >= 15 is 0 Å². The molecule has 0 amide bonds. The highest BCUT2D eigenvalue weighted by Gasteiger charge is 2.18. The van der Waals surface area contributed by atoms with Gasteiger partial charge in [0.05, 0.1) is 0 Å². The van der Waals surface area contributed by atoms with Gasteiger partial charge in [-0.05, 0) is 54.7 Å². The van der Waals surface area contributed by atoms with Crippen molar-refractivity contribution in [1.82, 2.24) is 0 Å². The second-order valence-electron chi connectivity index (χ2n) is 4.86. The molecule has 19 heavy (non-hydrogen) atoms. The third-order valence-electron chi connectivity index (χ3n) is 3.43. The van der Waals surface area contributed by atoms with E-state index in [1.807, 2.05) is 12.1 Å². The molecule has 2 nitrogen and oxygen atoms in total. The fourth-order valence-electron chi connectivity index (χ4n) is 2.36. The predicted octanol–water partition coefficient (Wildman–Crippen LogP) is 3.43. The molecule has 0 saturated heterocycles. The minimum absolute atomic E-state index is 0.0806. The second-order valence-corrected chi connectivity index (χ2v) is 4.86. The van der Waals surface area contributed by atoms with Crippen molar-refractivity contribution in [2.24, 2.45) is 0 Å². The number of rotatable bonds is 4. The van der Waals surface area contributed by atoms with Gasteiger partial charge in [-0.1, -0.05) is 31.5 Å². The fraction of sp³-hybridized carbons (Fsp3) is 0.294. The maximum absolute atomic E-state index is 12.0. The van der Waals surface area contributed by atoms with Gasteiger partial charge in [-0.2, -0.15) is 0 Å². The summed E-state index contributed by atoms with van der Waals surface area (Å²) >= 11 is 0. The van der Waals surface area contributed by atoms with E-state index in [1.54, 1.807) is 0 Å². The number of benzene rings is 1. The SMILES string of the molecule is CCCCc1c(C)cccc1C1=CC(=O)C=CC1=O. The number of aryl methyl sites for hydroxylation is 1. The van der Waals surface area contributed by atoms with Gasteiger partial charge in [0.15, 0.2) is 11.6 Å². The van der Waals surface area contributed by atoms with Gasteiger partial charge < -0.3 is 0 Å². The average Bonchev–Trinajstić information content (AvgIpc) is 2.40. The Morgan fingerprint density at radius 2 is 1.89 bits per heavy atom. The largest absolute Gasteiger partial charge is 0.290 e. The van der Waals surface area contributed by atoms with Gasteiger partial charge in [-0.15, -0.1) is 0 Å². The Balaban J connectivity index is 2.47. The van der Waals surface area contributed by atoms with Crippen LogP contribution in [0.5, 0.6) is 0 Å². The summed E-state index contributed by atoms with van der Waals surface area (Å²) in [7, 11) is 0. The van der Waals surface area contributed by atoms with Crippen molar-refractivity contribution in [2.45, 2.75) is 33.1 Å². The van der Waals surface area contributed by atoms with Crippen LogP contribution in [0, 0.1) is 6.92 Å². The van der Waals surface area contributed by atoms with Gasteiger partial charge in [0, 0.05) is 5.57 Å². The summed E-state index contributed by atoms with van der Waals surface area (Å²) in [6.45, 7) is 4.20. The summed E-state index contributed by atoms with van der Waals surface area (Å²) in [6, 6.07) is 5.94. The first-order valence-electron chi connectivity index (χ1n) is 6.70. The van der Waals surface area contributed by atoms with Crippen LogP contribution in [0.3, 0.4) is 0 Å². The highest BCUT2D eigenvalue weighted by Crippen LogP contribution is 2.26. The number of carbonyl (C=O) groups excluding carboxylic acids is 2.